The second kappa shape index (κ2) is 4.82. The maximum Gasteiger partial charge on any atom is 0.351 e. The molecule has 3 atom stereocenters. The summed E-state index contributed by atoms with van der Waals surface area (Å²) in [5.74, 6) is 0. The molecule has 106 valence electrons. The summed E-state index contributed by atoms with van der Waals surface area (Å²) in [7, 11) is 0. The number of aliphatic hydroxyl groups excluding tert-OH is 2. The predicted octanol–water partition coefficient (Wildman–Crippen LogP) is -1.27. The van der Waals surface area contributed by atoms with Crippen molar-refractivity contribution in [2.45, 2.75) is 24.9 Å². The van der Waals surface area contributed by atoms with E-state index < -0.39 is 24.1 Å². The number of aliphatic hydroxyl groups is 2. The van der Waals surface area contributed by atoms with Crippen LogP contribution >= 0.6 is 0 Å². The molecule has 0 aromatic carbocycles. The zero-order valence-corrected chi connectivity index (χ0v) is 10.4. The minimum absolute atomic E-state index is 0.196. The van der Waals surface area contributed by atoms with Crippen molar-refractivity contribution in [2.24, 2.45) is 0 Å². The largest absolute Gasteiger partial charge is 0.394 e. The summed E-state index contributed by atoms with van der Waals surface area (Å²) in [4.78, 5) is 29.4. The van der Waals surface area contributed by atoms with Crippen LogP contribution in [0.2, 0.25) is 0 Å². The second-order valence-corrected chi connectivity index (χ2v) is 4.67. The van der Waals surface area contributed by atoms with E-state index in [0.29, 0.717) is 5.39 Å². The average molecular weight is 279 g/mol. The van der Waals surface area contributed by atoms with E-state index in [9.17, 15) is 14.7 Å². The quantitative estimate of drug-likeness (QED) is 0.630. The molecule has 0 radical (unpaired) electrons. The molecule has 3 N–H and O–H groups in total. The van der Waals surface area contributed by atoms with E-state index in [0.717, 1.165) is 0 Å². The van der Waals surface area contributed by atoms with E-state index in [1.807, 2.05) is 0 Å². The van der Waals surface area contributed by atoms with Gasteiger partial charge in [0.2, 0.25) is 5.56 Å². The number of pyridine rings is 1. The van der Waals surface area contributed by atoms with E-state index in [-0.39, 0.29) is 24.2 Å². The number of hydrogen-bond acceptors (Lipinski definition) is 6. The molecule has 3 rings (SSSR count). The molecule has 8 heteroatoms. The Morgan fingerprint density at radius 2 is 2.25 bits per heavy atom. The van der Waals surface area contributed by atoms with Crippen molar-refractivity contribution in [1.82, 2.24) is 14.5 Å². The maximum absolute atomic E-state index is 11.9. The van der Waals surface area contributed by atoms with Gasteiger partial charge in [0.1, 0.15) is 18.0 Å². The van der Waals surface area contributed by atoms with Crippen LogP contribution in [0.15, 0.2) is 27.9 Å². The molecular formula is C12H13N3O5. The van der Waals surface area contributed by atoms with Crippen molar-refractivity contribution in [1.29, 1.82) is 0 Å². The Hall–Kier alpha value is -2.03. The first-order valence-corrected chi connectivity index (χ1v) is 6.15. The summed E-state index contributed by atoms with van der Waals surface area (Å²) in [6.45, 7) is -0.319. The molecule has 8 nitrogen and oxygen atoms in total. The van der Waals surface area contributed by atoms with Crippen LogP contribution in [0.5, 0.6) is 0 Å². The summed E-state index contributed by atoms with van der Waals surface area (Å²) in [6.07, 6.45) is -0.515. The van der Waals surface area contributed by atoms with Gasteiger partial charge in [-0.25, -0.2) is 4.79 Å². The predicted molar refractivity (Wildman–Crippen MR) is 68.2 cm³/mol. The van der Waals surface area contributed by atoms with Gasteiger partial charge in [-0.15, -0.1) is 0 Å². The van der Waals surface area contributed by atoms with E-state index in [1.54, 1.807) is 6.07 Å². The third-order valence-electron chi connectivity index (χ3n) is 3.33. The van der Waals surface area contributed by atoms with Gasteiger partial charge in [-0.1, -0.05) is 0 Å². The van der Waals surface area contributed by atoms with Gasteiger partial charge < -0.3 is 19.9 Å². The van der Waals surface area contributed by atoms with Crippen LogP contribution in [0.3, 0.4) is 0 Å². The summed E-state index contributed by atoms with van der Waals surface area (Å²) in [5, 5.41) is 19.3. The average Bonchev–Trinajstić information content (AvgIpc) is 2.79. The number of H-pyrrole nitrogens is 1. The zero-order valence-electron chi connectivity index (χ0n) is 10.4. The maximum atomic E-state index is 11.9. The Bertz CT molecular complexity index is 753. The van der Waals surface area contributed by atoms with Crippen LogP contribution < -0.4 is 11.2 Å². The fourth-order valence-corrected chi connectivity index (χ4v) is 2.29. The van der Waals surface area contributed by atoms with Gasteiger partial charge in [0.25, 0.3) is 0 Å². The molecule has 1 aliphatic heterocycles. The third kappa shape index (κ3) is 2.13. The number of ether oxygens (including phenoxy) is 1. The highest BCUT2D eigenvalue weighted by Gasteiger charge is 2.35. The molecule has 1 saturated heterocycles. The third-order valence-corrected chi connectivity index (χ3v) is 3.33. The lowest BCUT2D eigenvalue weighted by Gasteiger charge is -2.14. The molecule has 0 amide bonds. The van der Waals surface area contributed by atoms with Gasteiger partial charge in [-0.2, -0.15) is 4.98 Å². The van der Waals surface area contributed by atoms with E-state index >= 15 is 0 Å². The van der Waals surface area contributed by atoms with Crippen molar-refractivity contribution >= 4 is 11.0 Å². The van der Waals surface area contributed by atoms with Gasteiger partial charge in [-0.05, 0) is 6.07 Å². The molecule has 2 aromatic heterocycles. The SMILES string of the molecule is O=c1ccc2cn([C@H]3C[C@H](O)C(CO)O3)c(=O)nc2[nH]1. The van der Waals surface area contributed by atoms with Crippen molar-refractivity contribution in [3.63, 3.8) is 0 Å². The number of nitrogens with zero attached hydrogens (tertiary/aromatic N) is 2. The van der Waals surface area contributed by atoms with Crippen LogP contribution in [0.25, 0.3) is 11.0 Å². The lowest BCUT2D eigenvalue weighted by molar-refractivity contribution is -0.0457. The number of rotatable bonds is 2. The monoisotopic (exact) mass is 279 g/mol. The first-order valence-electron chi connectivity index (χ1n) is 6.15. The molecule has 20 heavy (non-hydrogen) atoms. The standard InChI is InChI=1S/C12H13N3O5/c16-5-8-7(17)3-10(20-8)15-4-6-1-2-9(18)13-11(6)14-12(15)19/h1-2,4,7-8,10,16-17H,3,5H2,(H,13,14,18,19)/t7-,8?,10+/m0/s1. The van der Waals surface area contributed by atoms with Gasteiger partial charge in [0.15, 0.2) is 0 Å². The van der Waals surface area contributed by atoms with Crippen LogP contribution in [0.1, 0.15) is 12.6 Å². The molecule has 3 heterocycles. The fraction of sp³-hybridized carbons (Fsp3) is 0.417. The summed E-state index contributed by atoms with van der Waals surface area (Å²) >= 11 is 0. The Kier molecular flexibility index (Phi) is 3.13. The highest BCUT2D eigenvalue weighted by atomic mass is 16.5. The van der Waals surface area contributed by atoms with Crippen LogP contribution in [-0.2, 0) is 4.74 Å². The van der Waals surface area contributed by atoms with Crippen molar-refractivity contribution in [3.05, 3.63) is 39.2 Å². The first-order chi connectivity index (χ1) is 9.58. The number of fused-ring (bicyclic) bond motifs is 1. The Labute approximate surface area is 112 Å². The fourth-order valence-electron chi connectivity index (χ4n) is 2.29. The minimum Gasteiger partial charge on any atom is -0.394 e. The van der Waals surface area contributed by atoms with Crippen LogP contribution in [0.4, 0.5) is 0 Å². The molecular weight excluding hydrogens is 266 g/mol. The molecule has 1 unspecified atom stereocenters. The number of aromatic amines is 1. The molecule has 0 aliphatic carbocycles. The van der Waals surface area contributed by atoms with Crippen LogP contribution in [0, 0.1) is 0 Å². The molecule has 1 fully saturated rings. The molecule has 0 spiro atoms. The lowest BCUT2D eigenvalue weighted by Crippen LogP contribution is -2.28. The van der Waals surface area contributed by atoms with Gasteiger partial charge in [-0.3, -0.25) is 9.36 Å². The second-order valence-electron chi connectivity index (χ2n) is 4.67. The highest BCUT2D eigenvalue weighted by Crippen LogP contribution is 2.27. The van der Waals surface area contributed by atoms with Crippen LogP contribution in [-0.4, -0.2) is 43.6 Å². The van der Waals surface area contributed by atoms with Gasteiger partial charge in [0, 0.05) is 24.1 Å². The molecule has 2 aromatic rings. The smallest absolute Gasteiger partial charge is 0.351 e. The Balaban J connectivity index is 2.04. The number of nitrogens with one attached hydrogen (secondary N) is 1. The normalized spacial score (nSPS) is 26.2. The highest BCUT2D eigenvalue weighted by molar-refractivity contribution is 5.72. The van der Waals surface area contributed by atoms with Crippen molar-refractivity contribution in [2.75, 3.05) is 6.61 Å². The molecule has 1 aliphatic rings. The topological polar surface area (TPSA) is 117 Å². The van der Waals surface area contributed by atoms with E-state index in [1.165, 1.54) is 16.8 Å². The zero-order chi connectivity index (χ0) is 14.3. The van der Waals surface area contributed by atoms with Crippen molar-refractivity contribution < 1.29 is 14.9 Å². The molecule has 0 bridgehead atoms. The summed E-state index contributed by atoms with van der Waals surface area (Å²) < 4.78 is 6.66. The van der Waals surface area contributed by atoms with E-state index in [4.69, 9.17) is 9.84 Å². The Morgan fingerprint density at radius 3 is 2.95 bits per heavy atom. The lowest BCUT2D eigenvalue weighted by atomic mass is 10.2. The Morgan fingerprint density at radius 1 is 1.45 bits per heavy atom. The van der Waals surface area contributed by atoms with Gasteiger partial charge >= 0.3 is 5.69 Å². The first kappa shape index (κ1) is 13.0. The summed E-state index contributed by atoms with van der Waals surface area (Å²) in [6, 6.07) is 2.88. The number of hydrogen-bond donors (Lipinski definition) is 3. The van der Waals surface area contributed by atoms with E-state index in [2.05, 4.69) is 9.97 Å². The summed E-state index contributed by atoms with van der Waals surface area (Å²) in [5.41, 5.74) is -0.721. The molecule has 0 saturated carbocycles. The van der Waals surface area contributed by atoms with Crippen molar-refractivity contribution in [3.8, 4) is 0 Å². The minimum atomic E-state index is -0.830. The van der Waals surface area contributed by atoms with Gasteiger partial charge in [0.05, 0.1) is 12.7 Å². The number of aromatic nitrogens is 3.